The molecule has 0 saturated heterocycles. The molecule has 1 amide bonds. The first-order valence-corrected chi connectivity index (χ1v) is 4.86. The highest BCUT2D eigenvalue weighted by atomic mass is 127. The molecule has 82 valence electrons. The number of anilines is 1. The molecule has 0 aromatic heterocycles. The van der Waals surface area contributed by atoms with Crippen LogP contribution in [-0.4, -0.2) is 11.9 Å². The molecule has 0 atom stereocenters. The van der Waals surface area contributed by atoms with Crippen molar-refractivity contribution in [1.82, 2.24) is 6.15 Å². The molecule has 0 unspecified atom stereocenters. The molecule has 0 radical (unpaired) electrons. The van der Waals surface area contributed by atoms with Crippen molar-refractivity contribution >= 4 is 40.2 Å². The van der Waals surface area contributed by atoms with Crippen molar-refractivity contribution < 1.29 is 14.7 Å². The minimum Gasteiger partial charge on any atom is -0.545 e. The lowest BCUT2D eigenvalue weighted by Crippen LogP contribution is -2.22. The van der Waals surface area contributed by atoms with Gasteiger partial charge in [0.05, 0.1) is 5.97 Å². The zero-order valence-corrected chi connectivity index (χ0v) is 10.5. The summed E-state index contributed by atoms with van der Waals surface area (Å²) in [6.45, 7) is 1.36. The first kappa shape index (κ1) is 13.8. The minimum absolute atomic E-state index is 0. The third-order valence-electron chi connectivity index (χ3n) is 1.45. The van der Waals surface area contributed by atoms with Crippen molar-refractivity contribution in [2.24, 2.45) is 0 Å². The first-order valence-electron chi connectivity index (χ1n) is 3.78. The van der Waals surface area contributed by atoms with Gasteiger partial charge in [0, 0.05) is 21.7 Å². The second-order valence-electron chi connectivity index (χ2n) is 2.70. The molecule has 0 aliphatic carbocycles. The van der Waals surface area contributed by atoms with E-state index in [1.807, 2.05) is 22.6 Å². The number of amides is 1. The van der Waals surface area contributed by atoms with Gasteiger partial charge < -0.3 is 21.4 Å². The summed E-state index contributed by atoms with van der Waals surface area (Å²) in [6.07, 6.45) is 0. The summed E-state index contributed by atoms with van der Waals surface area (Å²) in [4.78, 5) is 21.3. The second-order valence-corrected chi connectivity index (χ2v) is 3.94. The lowest BCUT2D eigenvalue weighted by molar-refractivity contribution is -0.255. The summed E-state index contributed by atoms with van der Waals surface area (Å²) in [5.41, 5.74) is 0.518. The monoisotopic (exact) mass is 322 g/mol. The predicted octanol–water partition coefficient (Wildman–Crippen LogP) is 0.989. The average Bonchev–Trinajstić information content (AvgIpc) is 2.01. The van der Waals surface area contributed by atoms with Gasteiger partial charge in [-0.05, 0) is 40.8 Å². The number of aromatic carboxylic acids is 1. The highest BCUT2D eigenvalue weighted by Crippen LogP contribution is 2.16. The number of nitrogens with one attached hydrogen (secondary N) is 1. The Balaban J connectivity index is 0.00000196. The third kappa shape index (κ3) is 4.26. The van der Waals surface area contributed by atoms with E-state index >= 15 is 0 Å². The number of carboxylic acids is 1. The third-order valence-corrected chi connectivity index (χ3v) is 2.08. The smallest absolute Gasteiger partial charge is 0.221 e. The number of benzene rings is 1. The van der Waals surface area contributed by atoms with Gasteiger partial charge >= 0.3 is 0 Å². The summed E-state index contributed by atoms with van der Waals surface area (Å²) in [5.74, 6) is -1.49. The number of hydrogen-bond acceptors (Lipinski definition) is 3. The molecule has 1 aromatic carbocycles. The Morgan fingerprint density at radius 3 is 2.40 bits per heavy atom. The number of hydrogen-bond donors (Lipinski definition) is 2. The normalized spacial score (nSPS) is 8.93. The zero-order valence-electron chi connectivity index (χ0n) is 8.33. The fraction of sp³-hybridized carbons (Fsp3) is 0.111. The molecule has 6 heteroatoms. The van der Waals surface area contributed by atoms with Gasteiger partial charge in [-0.3, -0.25) is 4.79 Å². The topological polar surface area (TPSA) is 106 Å². The zero-order chi connectivity index (χ0) is 10.7. The van der Waals surface area contributed by atoms with Crippen LogP contribution < -0.4 is 16.6 Å². The molecule has 0 aliphatic rings. The standard InChI is InChI=1S/C9H8INO3.H3N/c1-5(12)11-8-3-6(9(13)14)2-7(10)4-8;/h2-4H,1H3,(H,11,12)(H,13,14);1H3. The molecule has 1 rings (SSSR count). The van der Waals surface area contributed by atoms with Gasteiger partial charge in [-0.2, -0.15) is 0 Å². The number of carbonyl (C=O) groups is 2. The van der Waals surface area contributed by atoms with Crippen LogP contribution in [0.3, 0.4) is 0 Å². The van der Waals surface area contributed by atoms with Crippen LogP contribution >= 0.6 is 22.6 Å². The van der Waals surface area contributed by atoms with E-state index in [9.17, 15) is 14.7 Å². The fourth-order valence-corrected chi connectivity index (χ4v) is 1.65. The van der Waals surface area contributed by atoms with Crippen LogP contribution in [0.2, 0.25) is 0 Å². The fourth-order valence-electron chi connectivity index (χ4n) is 0.983. The lowest BCUT2D eigenvalue weighted by atomic mass is 10.2. The van der Waals surface area contributed by atoms with Crippen molar-refractivity contribution in [3.05, 3.63) is 27.3 Å². The maximum absolute atomic E-state index is 10.7. The minimum atomic E-state index is -1.25. The van der Waals surface area contributed by atoms with E-state index in [0.717, 1.165) is 3.57 Å². The number of halogens is 1. The van der Waals surface area contributed by atoms with Crippen molar-refractivity contribution in [1.29, 1.82) is 0 Å². The number of carbonyl (C=O) groups excluding carboxylic acids is 2. The largest absolute Gasteiger partial charge is 0.545 e. The highest BCUT2D eigenvalue weighted by Gasteiger charge is 2.01. The van der Waals surface area contributed by atoms with Crippen LogP contribution in [0.4, 0.5) is 5.69 Å². The summed E-state index contributed by atoms with van der Waals surface area (Å²) in [7, 11) is 0. The molecular weight excluding hydrogens is 311 g/mol. The maximum atomic E-state index is 10.7. The molecule has 0 fully saturated rings. The number of quaternary nitrogens is 1. The van der Waals surface area contributed by atoms with Crippen LogP contribution in [0.1, 0.15) is 17.3 Å². The molecular formula is C9H11IN2O3. The van der Waals surface area contributed by atoms with Crippen molar-refractivity contribution in [2.75, 3.05) is 5.32 Å². The van der Waals surface area contributed by atoms with Gasteiger partial charge in [-0.25, -0.2) is 0 Å². The maximum Gasteiger partial charge on any atom is 0.221 e. The number of rotatable bonds is 2. The van der Waals surface area contributed by atoms with Crippen LogP contribution in [0.15, 0.2) is 18.2 Å². The van der Waals surface area contributed by atoms with Gasteiger partial charge in [-0.1, -0.05) is 0 Å². The molecule has 0 saturated carbocycles. The van der Waals surface area contributed by atoms with Crippen molar-refractivity contribution in [3.63, 3.8) is 0 Å². The first-order chi connectivity index (χ1) is 6.49. The lowest BCUT2D eigenvalue weighted by Gasteiger charge is -2.07. The van der Waals surface area contributed by atoms with Crippen LogP contribution in [0.25, 0.3) is 0 Å². The Hall–Kier alpha value is -1.15. The van der Waals surface area contributed by atoms with Crippen LogP contribution in [0.5, 0.6) is 0 Å². The molecule has 15 heavy (non-hydrogen) atoms. The highest BCUT2D eigenvalue weighted by molar-refractivity contribution is 14.1. The van der Waals surface area contributed by atoms with Crippen molar-refractivity contribution in [3.8, 4) is 0 Å². The summed E-state index contributed by atoms with van der Waals surface area (Å²) >= 11 is 1.97. The molecule has 0 spiro atoms. The van der Waals surface area contributed by atoms with E-state index in [0.29, 0.717) is 5.69 Å². The molecule has 0 aliphatic heterocycles. The molecule has 0 heterocycles. The van der Waals surface area contributed by atoms with E-state index < -0.39 is 5.97 Å². The summed E-state index contributed by atoms with van der Waals surface area (Å²) in [6, 6.07) is 4.51. The Labute approximate surface area is 101 Å². The van der Waals surface area contributed by atoms with Gasteiger partial charge in [-0.15, -0.1) is 0 Å². The Bertz CT molecular complexity index is 393. The van der Waals surface area contributed by atoms with E-state index in [4.69, 9.17) is 0 Å². The Morgan fingerprint density at radius 1 is 1.33 bits per heavy atom. The van der Waals surface area contributed by atoms with Gasteiger partial charge in [0.25, 0.3) is 0 Å². The average molecular weight is 322 g/mol. The van der Waals surface area contributed by atoms with Crippen LogP contribution in [-0.2, 0) is 4.79 Å². The molecule has 5 nitrogen and oxygen atoms in total. The molecule has 1 aromatic rings. The van der Waals surface area contributed by atoms with Crippen molar-refractivity contribution in [2.45, 2.75) is 6.92 Å². The number of carboxylic acid groups (broad SMARTS) is 1. The van der Waals surface area contributed by atoms with E-state index in [-0.39, 0.29) is 17.6 Å². The predicted molar refractivity (Wildman–Crippen MR) is 63.8 cm³/mol. The van der Waals surface area contributed by atoms with Gasteiger partial charge in [0.15, 0.2) is 0 Å². The Kier molecular flexibility index (Phi) is 5.23. The van der Waals surface area contributed by atoms with Gasteiger partial charge in [0.1, 0.15) is 0 Å². The van der Waals surface area contributed by atoms with E-state index in [2.05, 4.69) is 5.32 Å². The molecule has 0 bridgehead atoms. The quantitative estimate of drug-likeness (QED) is 0.793. The summed E-state index contributed by atoms with van der Waals surface area (Å²) < 4.78 is 0.730. The van der Waals surface area contributed by atoms with E-state index in [1.165, 1.54) is 19.1 Å². The molecule has 5 N–H and O–H groups in total. The summed E-state index contributed by atoms with van der Waals surface area (Å²) in [5, 5.41) is 13.1. The SMILES string of the molecule is CC(=O)Nc1cc(I)cc(C(=O)[O-])c1.[NH4+]. The Morgan fingerprint density at radius 2 is 1.93 bits per heavy atom. The second kappa shape index (κ2) is 5.66. The van der Waals surface area contributed by atoms with E-state index in [1.54, 1.807) is 6.07 Å². The van der Waals surface area contributed by atoms with Gasteiger partial charge in [0.2, 0.25) is 5.91 Å². The van der Waals surface area contributed by atoms with Crippen LogP contribution in [0, 0.1) is 3.57 Å².